The molecular weight excluding hydrogens is 372 g/mol. The zero-order valence-corrected chi connectivity index (χ0v) is 20.0. The fraction of sp³-hybridized carbons (Fsp3) is 0.778. The first kappa shape index (κ1) is 25.0. The largest absolute Gasteiger partial charge is 0.389 e. The molecule has 2 fully saturated rings. The molecule has 0 saturated heterocycles. The highest BCUT2D eigenvalue weighted by molar-refractivity contribution is 5.92. The molecule has 3 heteroatoms. The van der Waals surface area contributed by atoms with Crippen molar-refractivity contribution in [2.24, 2.45) is 34.5 Å². The number of aliphatic hydroxyl groups is 1. The van der Waals surface area contributed by atoms with Crippen molar-refractivity contribution in [3.05, 3.63) is 24.3 Å². The number of aliphatic hydroxyl groups excluding tert-OH is 1. The molecule has 0 aromatic carbocycles. The lowest BCUT2D eigenvalue weighted by atomic mass is 9.54. The van der Waals surface area contributed by atoms with Crippen LogP contribution in [0.1, 0.15) is 92.4 Å². The van der Waals surface area contributed by atoms with E-state index in [2.05, 4.69) is 27.4 Å². The van der Waals surface area contributed by atoms with Crippen molar-refractivity contribution in [2.45, 2.75) is 92.4 Å². The first-order valence-electron chi connectivity index (χ1n) is 12.1. The van der Waals surface area contributed by atoms with E-state index in [1.54, 1.807) is 6.08 Å². The molecule has 0 heterocycles. The fourth-order valence-corrected chi connectivity index (χ4v) is 6.64. The SMILES string of the molecule is C=CC.CCC1C(CC(C)C2=CC(=O)CCC23CC3)CCCC1(C)C(C)C(=O)CO. The van der Waals surface area contributed by atoms with Gasteiger partial charge in [0, 0.05) is 12.3 Å². The summed E-state index contributed by atoms with van der Waals surface area (Å²) in [6, 6.07) is 0. The highest BCUT2D eigenvalue weighted by Crippen LogP contribution is 2.60. The normalized spacial score (nSPS) is 31.8. The molecule has 5 unspecified atom stereocenters. The summed E-state index contributed by atoms with van der Waals surface area (Å²) in [5.74, 6) is 1.79. The summed E-state index contributed by atoms with van der Waals surface area (Å²) in [4.78, 5) is 24.4. The lowest BCUT2D eigenvalue weighted by molar-refractivity contribution is -0.133. The number of carbonyl (C=O) groups is 2. The van der Waals surface area contributed by atoms with Gasteiger partial charge in [0.1, 0.15) is 6.61 Å². The molecule has 3 aliphatic rings. The quantitative estimate of drug-likeness (QED) is 0.495. The number of carbonyl (C=O) groups excluding carboxylic acids is 2. The van der Waals surface area contributed by atoms with Crippen molar-refractivity contribution in [2.75, 3.05) is 6.61 Å². The average Bonchev–Trinajstić information content (AvgIpc) is 3.49. The number of Topliss-reactive ketones (excluding diaryl/α,β-unsaturated/α-hetero) is 1. The summed E-state index contributed by atoms with van der Waals surface area (Å²) < 4.78 is 0. The molecule has 1 spiro atoms. The third-order valence-corrected chi connectivity index (χ3v) is 8.59. The minimum Gasteiger partial charge on any atom is -0.389 e. The number of rotatable bonds is 7. The Balaban J connectivity index is 0.00000101. The van der Waals surface area contributed by atoms with Crippen molar-refractivity contribution >= 4 is 11.6 Å². The van der Waals surface area contributed by atoms with Gasteiger partial charge in [-0.25, -0.2) is 0 Å². The third-order valence-electron chi connectivity index (χ3n) is 8.59. The molecule has 1 N–H and O–H groups in total. The molecule has 30 heavy (non-hydrogen) atoms. The molecule has 3 aliphatic carbocycles. The number of hydrogen-bond donors (Lipinski definition) is 1. The van der Waals surface area contributed by atoms with Crippen LogP contribution < -0.4 is 0 Å². The van der Waals surface area contributed by atoms with Gasteiger partial charge in [-0.05, 0) is 73.7 Å². The monoisotopic (exact) mass is 416 g/mol. The van der Waals surface area contributed by atoms with Gasteiger partial charge in [0.15, 0.2) is 11.6 Å². The van der Waals surface area contributed by atoms with E-state index in [-0.39, 0.29) is 23.7 Å². The van der Waals surface area contributed by atoms with E-state index in [1.165, 1.54) is 24.8 Å². The number of hydrogen-bond acceptors (Lipinski definition) is 3. The summed E-state index contributed by atoms with van der Waals surface area (Å²) in [7, 11) is 0. The Morgan fingerprint density at radius 1 is 1.30 bits per heavy atom. The molecule has 3 rings (SSSR count). The van der Waals surface area contributed by atoms with Crippen molar-refractivity contribution in [1.82, 2.24) is 0 Å². The Morgan fingerprint density at radius 2 is 1.93 bits per heavy atom. The second-order valence-corrected chi connectivity index (χ2v) is 10.4. The molecule has 2 saturated carbocycles. The van der Waals surface area contributed by atoms with Gasteiger partial charge < -0.3 is 5.11 Å². The van der Waals surface area contributed by atoms with Crippen LogP contribution in [-0.4, -0.2) is 23.3 Å². The van der Waals surface area contributed by atoms with Gasteiger partial charge in [-0.2, -0.15) is 0 Å². The Morgan fingerprint density at radius 3 is 2.47 bits per heavy atom. The zero-order chi connectivity index (χ0) is 22.5. The van der Waals surface area contributed by atoms with Crippen LogP contribution in [0.2, 0.25) is 0 Å². The summed E-state index contributed by atoms with van der Waals surface area (Å²) in [6.45, 7) is 13.8. The molecule has 0 aliphatic heterocycles. The van der Waals surface area contributed by atoms with Crippen molar-refractivity contribution in [3.8, 4) is 0 Å². The lowest BCUT2D eigenvalue weighted by Crippen LogP contribution is -2.45. The Hall–Kier alpha value is -1.22. The van der Waals surface area contributed by atoms with Gasteiger partial charge in [0.2, 0.25) is 0 Å². The smallest absolute Gasteiger partial charge is 0.161 e. The molecular formula is C27H44O3. The fourth-order valence-electron chi connectivity index (χ4n) is 6.64. The van der Waals surface area contributed by atoms with Gasteiger partial charge in [-0.15, -0.1) is 6.58 Å². The first-order chi connectivity index (χ1) is 14.2. The van der Waals surface area contributed by atoms with Crippen LogP contribution in [0.5, 0.6) is 0 Å². The van der Waals surface area contributed by atoms with Crippen LogP contribution >= 0.6 is 0 Å². The Labute approximate surface area is 184 Å². The summed E-state index contributed by atoms with van der Waals surface area (Å²) in [6.07, 6.45) is 13.7. The third kappa shape index (κ3) is 5.15. The van der Waals surface area contributed by atoms with E-state index in [1.807, 2.05) is 19.9 Å². The van der Waals surface area contributed by atoms with Crippen LogP contribution in [-0.2, 0) is 9.59 Å². The van der Waals surface area contributed by atoms with Gasteiger partial charge >= 0.3 is 0 Å². The Kier molecular flexibility index (Phi) is 8.68. The molecule has 0 radical (unpaired) electrons. The van der Waals surface area contributed by atoms with Gasteiger partial charge in [-0.3, -0.25) is 9.59 Å². The lowest BCUT2D eigenvalue weighted by Gasteiger charge is -2.50. The molecule has 3 nitrogen and oxygen atoms in total. The summed E-state index contributed by atoms with van der Waals surface area (Å²) in [5.41, 5.74) is 1.76. The Bertz CT molecular complexity index is 657. The van der Waals surface area contributed by atoms with Crippen molar-refractivity contribution < 1.29 is 14.7 Å². The molecule has 5 atom stereocenters. The van der Waals surface area contributed by atoms with Crippen LogP contribution in [0.3, 0.4) is 0 Å². The van der Waals surface area contributed by atoms with Gasteiger partial charge in [0.25, 0.3) is 0 Å². The van der Waals surface area contributed by atoms with E-state index in [0.717, 1.165) is 38.5 Å². The van der Waals surface area contributed by atoms with Crippen LogP contribution in [0, 0.1) is 34.5 Å². The molecule has 0 aromatic rings. The average molecular weight is 417 g/mol. The standard InChI is InChI=1S/C24H38O3.C3H6/c1-5-20-18(7-6-9-23(20,4)17(3)22(27)15-25)13-16(2)21-14-19(26)8-10-24(21)11-12-24;1-3-2/h14,16-18,20,25H,5-13,15H2,1-4H3;3H,1H2,2H3. The predicted molar refractivity (Wildman–Crippen MR) is 124 cm³/mol. The second-order valence-electron chi connectivity index (χ2n) is 10.4. The van der Waals surface area contributed by atoms with Crippen LogP contribution in [0.25, 0.3) is 0 Å². The van der Waals surface area contributed by atoms with Crippen LogP contribution in [0.4, 0.5) is 0 Å². The topological polar surface area (TPSA) is 54.4 Å². The van der Waals surface area contributed by atoms with Crippen LogP contribution in [0.15, 0.2) is 24.3 Å². The van der Waals surface area contributed by atoms with Crippen molar-refractivity contribution in [3.63, 3.8) is 0 Å². The summed E-state index contributed by atoms with van der Waals surface area (Å²) in [5, 5.41) is 9.39. The molecule has 0 amide bonds. The maximum Gasteiger partial charge on any atom is 0.161 e. The number of allylic oxidation sites excluding steroid dienone is 3. The number of ketones is 2. The zero-order valence-electron chi connectivity index (χ0n) is 20.0. The first-order valence-corrected chi connectivity index (χ1v) is 12.1. The van der Waals surface area contributed by atoms with E-state index < -0.39 is 0 Å². The van der Waals surface area contributed by atoms with E-state index in [9.17, 15) is 14.7 Å². The predicted octanol–water partition coefficient (Wildman–Crippen LogP) is 6.30. The van der Waals surface area contributed by atoms with E-state index >= 15 is 0 Å². The van der Waals surface area contributed by atoms with Gasteiger partial charge in [0.05, 0.1) is 0 Å². The maximum absolute atomic E-state index is 12.3. The second kappa shape index (κ2) is 10.4. The molecule has 170 valence electrons. The van der Waals surface area contributed by atoms with E-state index in [0.29, 0.717) is 29.0 Å². The van der Waals surface area contributed by atoms with Gasteiger partial charge in [-0.1, -0.05) is 58.6 Å². The molecule has 0 aromatic heterocycles. The van der Waals surface area contributed by atoms with Crippen molar-refractivity contribution in [1.29, 1.82) is 0 Å². The minimum atomic E-state index is -0.341. The van der Waals surface area contributed by atoms with E-state index in [4.69, 9.17) is 0 Å². The highest BCUT2D eigenvalue weighted by atomic mass is 16.3. The minimum absolute atomic E-state index is 0.0119. The summed E-state index contributed by atoms with van der Waals surface area (Å²) >= 11 is 0. The highest BCUT2D eigenvalue weighted by Gasteiger charge is 2.51. The molecule has 0 bridgehead atoms. The maximum atomic E-state index is 12.3.